The zero-order chi connectivity index (χ0) is 13.9. The molecule has 7 heteroatoms. The number of pyridine rings is 1. The molecular formula is C13H14N4O2S. The van der Waals surface area contributed by atoms with E-state index in [0.29, 0.717) is 6.54 Å². The predicted octanol–water partition coefficient (Wildman–Crippen LogP) is 1.37. The number of amides is 3. The van der Waals surface area contributed by atoms with Crippen molar-refractivity contribution >= 4 is 29.2 Å². The quantitative estimate of drug-likeness (QED) is 0.513. The second kappa shape index (κ2) is 5.54. The summed E-state index contributed by atoms with van der Waals surface area (Å²) in [6, 6.07) is 5.66. The van der Waals surface area contributed by atoms with Gasteiger partial charge in [-0.1, -0.05) is 17.8 Å². The Kier molecular flexibility index (Phi) is 3.60. The topological polar surface area (TPSA) is 66.7 Å². The van der Waals surface area contributed by atoms with Crippen molar-refractivity contribution in [3.05, 3.63) is 30.6 Å². The molecule has 6 nitrogen and oxygen atoms in total. The standard InChI is InChI=1S/C13H14N4O2S/c18-11-9-14-12(19)17(11)6-3-7-20-13-15-8-10-4-1-2-5-16(10)13/h1-2,4-5,8H,3,6-7,9H2,(H,14,19). The summed E-state index contributed by atoms with van der Waals surface area (Å²) in [6.07, 6.45) is 4.56. The first kappa shape index (κ1) is 13.0. The lowest BCUT2D eigenvalue weighted by Crippen LogP contribution is -2.32. The fourth-order valence-electron chi connectivity index (χ4n) is 2.09. The van der Waals surface area contributed by atoms with E-state index in [4.69, 9.17) is 0 Å². The minimum atomic E-state index is -0.286. The van der Waals surface area contributed by atoms with Gasteiger partial charge in [-0.3, -0.25) is 14.1 Å². The van der Waals surface area contributed by atoms with E-state index in [1.165, 1.54) is 4.90 Å². The molecule has 3 rings (SSSR count). The molecule has 0 bridgehead atoms. The summed E-state index contributed by atoms with van der Waals surface area (Å²) in [5, 5.41) is 3.44. The van der Waals surface area contributed by atoms with Gasteiger partial charge >= 0.3 is 6.03 Å². The van der Waals surface area contributed by atoms with Crippen molar-refractivity contribution < 1.29 is 9.59 Å². The minimum Gasteiger partial charge on any atom is -0.329 e. The zero-order valence-corrected chi connectivity index (χ0v) is 11.6. The van der Waals surface area contributed by atoms with Gasteiger partial charge in [-0.25, -0.2) is 9.78 Å². The number of rotatable bonds is 5. The molecule has 2 aromatic rings. The van der Waals surface area contributed by atoms with Crippen LogP contribution in [-0.4, -0.2) is 45.1 Å². The van der Waals surface area contributed by atoms with Gasteiger partial charge in [0.1, 0.15) is 0 Å². The number of hydrogen-bond donors (Lipinski definition) is 1. The zero-order valence-electron chi connectivity index (χ0n) is 10.8. The first-order valence-electron chi connectivity index (χ1n) is 6.39. The summed E-state index contributed by atoms with van der Waals surface area (Å²) in [6.45, 7) is 0.581. The van der Waals surface area contributed by atoms with E-state index in [1.807, 2.05) is 35.0 Å². The van der Waals surface area contributed by atoms with E-state index in [2.05, 4.69) is 10.3 Å². The summed E-state index contributed by atoms with van der Waals surface area (Å²) < 4.78 is 2.03. The molecule has 1 saturated heterocycles. The molecule has 3 heterocycles. The second-order valence-corrected chi connectivity index (χ2v) is 5.50. The van der Waals surface area contributed by atoms with E-state index in [0.717, 1.165) is 22.8 Å². The number of imide groups is 1. The smallest absolute Gasteiger partial charge is 0.324 e. The minimum absolute atomic E-state index is 0.122. The third-order valence-corrected chi connectivity index (χ3v) is 4.15. The summed E-state index contributed by atoms with van der Waals surface area (Å²) >= 11 is 1.62. The number of carbonyl (C=O) groups is 2. The van der Waals surface area contributed by atoms with E-state index >= 15 is 0 Å². The molecule has 0 atom stereocenters. The van der Waals surface area contributed by atoms with Crippen LogP contribution in [-0.2, 0) is 4.79 Å². The van der Waals surface area contributed by atoms with Crippen molar-refractivity contribution in [2.24, 2.45) is 0 Å². The van der Waals surface area contributed by atoms with Gasteiger partial charge in [0.05, 0.1) is 18.3 Å². The first-order chi connectivity index (χ1) is 9.75. The van der Waals surface area contributed by atoms with Crippen LogP contribution >= 0.6 is 11.8 Å². The number of imidazole rings is 1. The van der Waals surface area contributed by atoms with Crippen LogP contribution < -0.4 is 5.32 Å². The lowest BCUT2D eigenvalue weighted by Gasteiger charge is -2.11. The monoisotopic (exact) mass is 290 g/mol. The van der Waals surface area contributed by atoms with Crippen LogP contribution in [0.1, 0.15) is 6.42 Å². The highest BCUT2D eigenvalue weighted by atomic mass is 32.2. The van der Waals surface area contributed by atoms with E-state index in [9.17, 15) is 9.59 Å². The Morgan fingerprint density at radius 2 is 2.25 bits per heavy atom. The van der Waals surface area contributed by atoms with E-state index in [1.54, 1.807) is 11.8 Å². The Labute approximate surface area is 120 Å². The molecule has 0 saturated carbocycles. The van der Waals surface area contributed by atoms with Crippen molar-refractivity contribution in [1.82, 2.24) is 19.6 Å². The fourth-order valence-corrected chi connectivity index (χ4v) is 2.98. The molecule has 0 radical (unpaired) electrons. The number of nitrogens with zero attached hydrogens (tertiary/aromatic N) is 3. The van der Waals surface area contributed by atoms with Gasteiger partial charge in [0.15, 0.2) is 5.16 Å². The van der Waals surface area contributed by atoms with Crippen LogP contribution in [0.4, 0.5) is 4.79 Å². The van der Waals surface area contributed by atoms with Gasteiger partial charge in [0.2, 0.25) is 5.91 Å². The van der Waals surface area contributed by atoms with Gasteiger partial charge in [-0.15, -0.1) is 0 Å². The van der Waals surface area contributed by atoms with Gasteiger partial charge < -0.3 is 5.32 Å². The number of fused-ring (bicyclic) bond motifs is 1. The number of urea groups is 1. The Morgan fingerprint density at radius 1 is 1.35 bits per heavy atom. The summed E-state index contributed by atoms with van der Waals surface area (Å²) in [5.74, 6) is 0.664. The molecular weight excluding hydrogens is 276 g/mol. The Balaban J connectivity index is 1.53. The average molecular weight is 290 g/mol. The van der Waals surface area contributed by atoms with Crippen LogP contribution in [0.5, 0.6) is 0 Å². The maximum atomic E-state index is 11.4. The number of aromatic nitrogens is 2. The maximum Gasteiger partial charge on any atom is 0.324 e. The van der Waals surface area contributed by atoms with Crippen molar-refractivity contribution in [2.75, 3.05) is 18.8 Å². The molecule has 1 fully saturated rings. The molecule has 3 amide bonds. The number of thioether (sulfide) groups is 1. The van der Waals surface area contributed by atoms with Crippen molar-refractivity contribution in [3.8, 4) is 0 Å². The summed E-state index contributed by atoms with van der Waals surface area (Å²) in [7, 11) is 0. The predicted molar refractivity (Wildman–Crippen MR) is 75.6 cm³/mol. The lowest BCUT2D eigenvalue weighted by atomic mass is 10.4. The molecule has 0 aliphatic carbocycles. The molecule has 1 aliphatic heterocycles. The van der Waals surface area contributed by atoms with Gasteiger partial charge in [0.25, 0.3) is 0 Å². The highest BCUT2D eigenvalue weighted by molar-refractivity contribution is 7.99. The largest absolute Gasteiger partial charge is 0.329 e. The molecule has 104 valence electrons. The Hall–Kier alpha value is -2.02. The Morgan fingerprint density at radius 3 is 3.05 bits per heavy atom. The summed E-state index contributed by atoms with van der Waals surface area (Å²) in [4.78, 5) is 28.4. The van der Waals surface area contributed by atoms with Crippen molar-refractivity contribution in [1.29, 1.82) is 0 Å². The van der Waals surface area contributed by atoms with Gasteiger partial charge in [-0.05, 0) is 18.6 Å². The van der Waals surface area contributed by atoms with Crippen LogP contribution in [0.25, 0.3) is 5.52 Å². The van der Waals surface area contributed by atoms with E-state index in [-0.39, 0.29) is 18.5 Å². The third kappa shape index (κ3) is 2.49. The fraction of sp³-hybridized carbons (Fsp3) is 0.308. The molecule has 1 aliphatic rings. The van der Waals surface area contributed by atoms with Gasteiger partial charge in [-0.2, -0.15) is 0 Å². The number of nitrogens with one attached hydrogen (secondary N) is 1. The number of hydrogen-bond acceptors (Lipinski definition) is 4. The van der Waals surface area contributed by atoms with Crippen molar-refractivity contribution in [2.45, 2.75) is 11.6 Å². The lowest BCUT2D eigenvalue weighted by molar-refractivity contribution is -0.124. The van der Waals surface area contributed by atoms with E-state index < -0.39 is 0 Å². The highest BCUT2D eigenvalue weighted by Crippen LogP contribution is 2.19. The van der Waals surface area contributed by atoms with Crippen molar-refractivity contribution in [3.63, 3.8) is 0 Å². The Bertz CT molecular complexity index is 639. The molecule has 20 heavy (non-hydrogen) atoms. The summed E-state index contributed by atoms with van der Waals surface area (Å²) in [5.41, 5.74) is 1.06. The van der Waals surface area contributed by atoms with Crippen LogP contribution in [0, 0.1) is 0 Å². The molecule has 2 aromatic heterocycles. The van der Waals surface area contributed by atoms with Crippen LogP contribution in [0.2, 0.25) is 0 Å². The SMILES string of the molecule is O=C1CNC(=O)N1CCCSc1ncc2ccccn12. The van der Waals surface area contributed by atoms with Gasteiger partial charge in [0, 0.05) is 18.5 Å². The normalized spacial score (nSPS) is 15.1. The highest BCUT2D eigenvalue weighted by Gasteiger charge is 2.27. The van der Waals surface area contributed by atoms with Crippen LogP contribution in [0.3, 0.4) is 0 Å². The number of carbonyl (C=O) groups excluding carboxylic acids is 2. The molecule has 0 spiro atoms. The second-order valence-electron chi connectivity index (χ2n) is 4.44. The third-order valence-electron chi connectivity index (χ3n) is 3.10. The first-order valence-corrected chi connectivity index (χ1v) is 7.37. The molecule has 0 unspecified atom stereocenters. The maximum absolute atomic E-state index is 11.4. The van der Waals surface area contributed by atoms with Crippen LogP contribution in [0.15, 0.2) is 35.7 Å². The molecule has 1 N–H and O–H groups in total. The average Bonchev–Trinajstić information content (AvgIpc) is 3.01. The molecule has 0 aromatic carbocycles.